The Morgan fingerprint density at radius 1 is 1.11 bits per heavy atom. The lowest BCUT2D eigenvalue weighted by molar-refractivity contribution is 0.412. The van der Waals surface area contributed by atoms with Gasteiger partial charge in [-0.05, 0) is 67.8 Å². The van der Waals surface area contributed by atoms with Gasteiger partial charge in [-0.15, -0.1) is 0 Å². The van der Waals surface area contributed by atoms with E-state index < -0.39 is 0 Å². The summed E-state index contributed by atoms with van der Waals surface area (Å²) >= 11 is 12.9. The van der Waals surface area contributed by atoms with Crippen molar-refractivity contribution in [1.29, 1.82) is 0 Å². The standard InChI is InChI=1S/C14H12Br2ClNO/c1-19-14-5-2-9(6-12(14)16)8-18-13-4-3-10(17)7-11(13)15/h2-7,18H,8H2,1H3. The number of hydrogen-bond donors (Lipinski definition) is 1. The molecule has 0 heterocycles. The molecule has 0 amide bonds. The highest BCUT2D eigenvalue weighted by Crippen LogP contribution is 2.28. The van der Waals surface area contributed by atoms with Crippen LogP contribution in [-0.2, 0) is 6.54 Å². The number of methoxy groups -OCH3 is 1. The molecule has 0 fully saturated rings. The quantitative estimate of drug-likeness (QED) is 0.727. The van der Waals surface area contributed by atoms with Gasteiger partial charge in [-0.3, -0.25) is 0 Å². The maximum atomic E-state index is 5.91. The van der Waals surface area contributed by atoms with Gasteiger partial charge in [0.05, 0.1) is 11.6 Å². The van der Waals surface area contributed by atoms with Gasteiger partial charge in [-0.25, -0.2) is 0 Å². The summed E-state index contributed by atoms with van der Waals surface area (Å²) in [6.45, 7) is 0.725. The second-order valence-electron chi connectivity index (χ2n) is 3.95. The van der Waals surface area contributed by atoms with E-state index in [0.717, 1.165) is 32.5 Å². The van der Waals surface area contributed by atoms with Crippen molar-refractivity contribution in [3.8, 4) is 5.75 Å². The normalized spacial score (nSPS) is 10.3. The van der Waals surface area contributed by atoms with Crippen molar-refractivity contribution >= 4 is 49.1 Å². The summed E-state index contributed by atoms with van der Waals surface area (Å²) in [7, 11) is 1.66. The molecule has 100 valence electrons. The van der Waals surface area contributed by atoms with Crippen LogP contribution in [0.4, 0.5) is 5.69 Å². The van der Waals surface area contributed by atoms with Gasteiger partial charge in [0.15, 0.2) is 0 Å². The van der Waals surface area contributed by atoms with E-state index in [0.29, 0.717) is 5.02 Å². The van der Waals surface area contributed by atoms with E-state index in [1.165, 1.54) is 0 Å². The van der Waals surface area contributed by atoms with Crippen molar-refractivity contribution in [2.45, 2.75) is 6.54 Å². The molecule has 0 aliphatic rings. The Morgan fingerprint density at radius 3 is 2.53 bits per heavy atom. The molecular weight excluding hydrogens is 393 g/mol. The van der Waals surface area contributed by atoms with Gasteiger partial charge >= 0.3 is 0 Å². The third kappa shape index (κ3) is 3.88. The summed E-state index contributed by atoms with van der Waals surface area (Å²) in [6, 6.07) is 11.7. The second kappa shape index (κ2) is 6.64. The molecule has 19 heavy (non-hydrogen) atoms. The highest BCUT2D eigenvalue weighted by molar-refractivity contribution is 9.11. The molecule has 5 heteroatoms. The molecule has 1 N–H and O–H groups in total. The maximum absolute atomic E-state index is 5.91. The Labute approximate surface area is 134 Å². The molecule has 2 aromatic rings. The van der Waals surface area contributed by atoms with Crippen LogP contribution in [0.5, 0.6) is 5.75 Å². The largest absolute Gasteiger partial charge is 0.496 e. The minimum atomic E-state index is 0.713. The predicted molar refractivity (Wildman–Crippen MR) is 87.2 cm³/mol. The van der Waals surface area contributed by atoms with Crippen LogP contribution in [0.25, 0.3) is 0 Å². The fraction of sp³-hybridized carbons (Fsp3) is 0.143. The van der Waals surface area contributed by atoms with Crippen molar-refractivity contribution in [1.82, 2.24) is 0 Å². The molecule has 2 rings (SSSR count). The van der Waals surface area contributed by atoms with Crippen LogP contribution in [0.2, 0.25) is 5.02 Å². The fourth-order valence-corrected chi connectivity index (χ4v) is 3.06. The smallest absolute Gasteiger partial charge is 0.133 e. The summed E-state index contributed by atoms with van der Waals surface area (Å²) in [6.07, 6.45) is 0. The lowest BCUT2D eigenvalue weighted by Gasteiger charge is -2.10. The van der Waals surface area contributed by atoms with E-state index in [1.807, 2.05) is 36.4 Å². The molecule has 0 radical (unpaired) electrons. The van der Waals surface area contributed by atoms with E-state index in [2.05, 4.69) is 37.2 Å². The summed E-state index contributed by atoms with van der Waals surface area (Å²) < 4.78 is 7.11. The molecule has 2 nitrogen and oxygen atoms in total. The number of nitrogens with one attached hydrogen (secondary N) is 1. The van der Waals surface area contributed by atoms with E-state index in [9.17, 15) is 0 Å². The molecule has 2 aromatic carbocycles. The number of anilines is 1. The van der Waals surface area contributed by atoms with Gasteiger partial charge < -0.3 is 10.1 Å². The average molecular weight is 406 g/mol. The summed E-state index contributed by atoms with van der Waals surface area (Å²) in [5.41, 5.74) is 2.17. The summed E-state index contributed by atoms with van der Waals surface area (Å²) in [5.74, 6) is 0.830. The Hall–Kier alpha value is -0.710. The van der Waals surface area contributed by atoms with Crippen LogP contribution >= 0.6 is 43.5 Å². The molecule has 0 atom stereocenters. The number of ether oxygens (including phenoxy) is 1. The number of benzene rings is 2. The third-order valence-electron chi connectivity index (χ3n) is 2.63. The van der Waals surface area contributed by atoms with Gasteiger partial charge in [0, 0.05) is 21.7 Å². The van der Waals surface area contributed by atoms with Gasteiger partial charge in [0.1, 0.15) is 5.75 Å². The molecule has 0 unspecified atom stereocenters. The maximum Gasteiger partial charge on any atom is 0.133 e. The SMILES string of the molecule is COc1ccc(CNc2ccc(Cl)cc2Br)cc1Br. The zero-order valence-electron chi connectivity index (χ0n) is 10.2. The van der Waals surface area contributed by atoms with Gasteiger partial charge in [-0.1, -0.05) is 17.7 Å². The monoisotopic (exact) mass is 403 g/mol. The van der Waals surface area contributed by atoms with Crippen LogP contribution < -0.4 is 10.1 Å². The first-order chi connectivity index (χ1) is 9.10. The summed E-state index contributed by atoms with van der Waals surface area (Å²) in [4.78, 5) is 0. The number of hydrogen-bond acceptors (Lipinski definition) is 2. The minimum absolute atomic E-state index is 0.713. The zero-order chi connectivity index (χ0) is 13.8. The molecule has 0 aliphatic heterocycles. The lowest BCUT2D eigenvalue weighted by atomic mass is 10.2. The fourth-order valence-electron chi connectivity index (χ4n) is 1.65. The Kier molecular flexibility index (Phi) is 5.13. The van der Waals surface area contributed by atoms with Gasteiger partial charge in [0.2, 0.25) is 0 Å². The zero-order valence-corrected chi connectivity index (χ0v) is 14.1. The first-order valence-electron chi connectivity index (χ1n) is 5.61. The van der Waals surface area contributed by atoms with E-state index in [1.54, 1.807) is 7.11 Å². The summed E-state index contributed by atoms with van der Waals surface area (Å²) in [5, 5.41) is 4.07. The van der Waals surface area contributed by atoms with Crippen molar-refractivity contribution in [3.05, 3.63) is 55.9 Å². The molecule has 0 saturated heterocycles. The second-order valence-corrected chi connectivity index (χ2v) is 6.09. The Morgan fingerprint density at radius 2 is 1.89 bits per heavy atom. The van der Waals surface area contributed by atoms with Crippen LogP contribution in [-0.4, -0.2) is 7.11 Å². The third-order valence-corrected chi connectivity index (χ3v) is 4.14. The number of halogens is 3. The highest BCUT2D eigenvalue weighted by atomic mass is 79.9. The topological polar surface area (TPSA) is 21.3 Å². The van der Waals surface area contributed by atoms with Crippen molar-refractivity contribution in [3.63, 3.8) is 0 Å². The van der Waals surface area contributed by atoms with Crippen molar-refractivity contribution < 1.29 is 4.74 Å². The van der Waals surface area contributed by atoms with Crippen molar-refractivity contribution in [2.75, 3.05) is 12.4 Å². The van der Waals surface area contributed by atoms with Crippen molar-refractivity contribution in [2.24, 2.45) is 0 Å². The molecular formula is C14H12Br2ClNO. The molecule has 0 bridgehead atoms. The van der Waals surface area contributed by atoms with Crippen LogP contribution in [0.1, 0.15) is 5.56 Å². The molecule has 0 saturated carbocycles. The highest BCUT2D eigenvalue weighted by Gasteiger charge is 2.03. The molecule has 0 aromatic heterocycles. The van der Waals surface area contributed by atoms with E-state index >= 15 is 0 Å². The molecule has 0 aliphatic carbocycles. The Bertz CT molecular complexity index is 590. The first kappa shape index (κ1) is 14.7. The number of rotatable bonds is 4. The molecule has 0 spiro atoms. The van der Waals surface area contributed by atoms with Gasteiger partial charge in [0.25, 0.3) is 0 Å². The van der Waals surface area contributed by atoms with Crippen LogP contribution in [0.15, 0.2) is 45.3 Å². The predicted octanol–water partition coefficient (Wildman–Crippen LogP) is 5.49. The van der Waals surface area contributed by atoms with E-state index in [-0.39, 0.29) is 0 Å². The average Bonchev–Trinajstić information content (AvgIpc) is 2.38. The van der Waals surface area contributed by atoms with Crippen LogP contribution in [0.3, 0.4) is 0 Å². The van der Waals surface area contributed by atoms with Crippen LogP contribution in [0, 0.1) is 0 Å². The van der Waals surface area contributed by atoms with Gasteiger partial charge in [-0.2, -0.15) is 0 Å². The minimum Gasteiger partial charge on any atom is -0.496 e. The van der Waals surface area contributed by atoms with E-state index in [4.69, 9.17) is 16.3 Å². The lowest BCUT2D eigenvalue weighted by Crippen LogP contribution is -2.00. The Balaban J connectivity index is 2.08. The first-order valence-corrected chi connectivity index (χ1v) is 7.58.